The molecule has 1 atom stereocenters. The molecule has 0 radical (unpaired) electrons. The van der Waals surface area contributed by atoms with Crippen molar-refractivity contribution in [2.75, 3.05) is 0 Å². The van der Waals surface area contributed by atoms with Crippen molar-refractivity contribution in [3.05, 3.63) is 34.3 Å². The number of rotatable bonds is 6. The summed E-state index contributed by atoms with van der Waals surface area (Å²) in [5.41, 5.74) is 2.09. The Kier molecular flexibility index (Phi) is 5.45. The summed E-state index contributed by atoms with van der Waals surface area (Å²) in [4.78, 5) is 11.0. The van der Waals surface area contributed by atoms with Crippen LogP contribution < -0.4 is 5.32 Å². The molecule has 1 unspecified atom stereocenters. The number of hydrogen-bond donors (Lipinski definition) is 2. The van der Waals surface area contributed by atoms with E-state index in [1.54, 1.807) is 0 Å². The summed E-state index contributed by atoms with van der Waals surface area (Å²) in [7, 11) is 0. The summed E-state index contributed by atoms with van der Waals surface area (Å²) in [6, 6.07) is 5.25. The lowest BCUT2D eigenvalue weighted by atomic mass is 10.1. The summed E-state index contributed by atoms with van der Waals surface area (Å²) >= 11 is 5.95. The molecular weight excluding hydrogens is 238 g/mol. The molecule has 1 rings (SSSR count). The number of benzene rings is 1. The SMILES string of the molecule is CCCC(NCc1cc(C)cc(Cl)c1)C(=O)O. The zero-order valence-corrected chi connectivity index (χ0v) is 10.9. The van der Waals surface area contributed by atoms with Crippen molar-refractivity contribution in [3.8, 4) is 0 Å². The monoisotopic (exact) mass is 255 g/mol. The van der Waals surface area contributed by atoms with Crippen molar-refractivity contribution in [3.63, 3.8) is 0 Å². The van der Waals surface area contributed by atoms with Gasteiger partial charge in [0.05, 0.1) is 0 Å². The second-order valence-corrected chi connectivity index (χ2v) is 4.63. The first kappa shape index (κ1) is 14.0. The fourth-order valence-electron chi connectivity index (χ4n) is 1.76. The third-order valence-electron chi connectivity index (χ3n) is 2.53. The van der Waals surface area contributed by atoms with Crippen LogP contribution in [0.3, 0.4) is 0 Å². The predicted molar refractivity (Wildman–Crippen MR) is 69.4 cm³/mol. The van der Waals surface area contributed by atoms with Crippen LogP contribution in [0.15, 0.2) is 18.2 Å². The lowest BCUT2D eigenvalue weighted by Gasteiger charge is -2.13. The van der Waals surface area contributed by atoms with E-state index in [2.05, 4.69) is 5.32 Å². The molecule has 1 aromatic carbocycles. The summed E-state index contributed by atoms with van der Waals surface area (Å²) < 4.78 is 0. The highest BCUT2D eigenvalue weighted by atomic mass is 35.5. The third kappa shape index (κ3) is 4.75. The van der Waals surface area contributed by atoms with Crippen molar-refractivity contribution in [1.29, 1.82) is 0 Å². The maximum absolute atomic E-state index is 11.0. The number of aliphatic carboxylic acids is 1. The number of halogens is 1. The zero-order chi connectivity index (χ0) is 12.8. The number of hydrogen-bond acceptors (Lipinski definition) is 2. The minimum absolute atomic E-state index is 0.487. The molecule has 2 N–H and O–H groups in total. The van der Waals surface area contributed by atoms with Gasteiger partial charge in [-0.25, -0.2) is 0 Å². The lowest BCUT2D eigenvalue weighted by molar-refractivity contribution is -0.139. The molecule has 0 saturated carbocycles. The van der Waals surface area contributed by atoms with Gasteiger partial charge in [-0.2, -0.15) is 0 Å². The number of carboxylic acids is 1. The number of carboxylic acid groups (broad SMARTS) is 1. The predicted octanol–water partition coefficient (Wildman–Crippen LogP) is 2.99. The van der Waals surface area contributed by atoms with E-state index in [0.29, 0.717) is 18.0 Å². The van der Waals surface area contributed by atoms with E-state index < -0.39 is 12.0 Å². The topological polar surface area (TPSA) is 49.3 Å². The Bertz CT molecular complexity index is 373. The van der Waals surface area contributed by atoms with Crippen LogP contribution >= 0.6 is 11.6 Å². The Morgan fingerprint density at radius 1 is 1.47 bits per heavy atom. The van der Waals surface area contributed by atoms with Gasteiger partial charge in [0.2, 0.25) is 0 Å². The standard InChI is InChI=1S/C13H18ClNO2/c1-3-4-12(13(16)17)15-8-10-5-9(2)6-11(14)7-10/h5-7,12,15H,3-4,8H2,1-2H3,(H,16,17). The highest BCUT2D eigenvalue weighted by Gasteiger charge is 2.15. The molecule has 0 aliphatic heterocycles. The first-order valence-corrected chi connectivity index (χ1v) is 6.13. The van der Waals surface area contributed by atoms with E-state index in [-0.39, 0.29) is 0 Å². The van der Waals surface area contributed by atoms with Crippen LogP contribution in [0, 0.1) is 6.92 Å². The molecule has 94 valence electrons. The Labute approximate surface area is 107 Å². The fourth-order valence-corrected chi connectivity index (χ4v) is 2.07. The van der Waals surface area contributed by atoms with Gasteiger partial charge < -0.3 is 10.4 Å². The second kappa shape index (κ2) is 6.62. The fraction of sp³-hybridized carbons (Fsp3) is 0.462. The molecule has 0 aromatic heterocycles. The van der Waals surface area contributed by atoms with E-state index in [4.69, 9.17) is 16.7 Å². The maximum atomic E-state index is 11.0. The number of carbonyl (C=O) groups is 1. The van der Waals surface area contributed by atoms with Crippen LogP contribution in [0.2, 0.25) is 5.02 Å². The quantitative estimate of drug-likeness (QED) is 0.822. The molecule has 4 heteroatoms. The molecule has 0 aliphatic rings. The molecule has 1 aromatic rings. The number of nitrogens with one attached hydrogen (secondary N) is 1. The van der Waals surface area contributed by atoms with E-state index >= 15 is 0 Å². The smallest absolute Gasteiger partial charge is 0.320 e. The molecule has 0 bridgehead atoms. The second-order valence-electron chi connectivity index (χ2n) is 4.20. The van der Waals surface area contributed by atoms with Gasteiger partial charge in [0.25, 0.3) is 0 Å². The van der Waals surface area contributed by atoms with Crippen LogP contribution in [0.1, 0.15) is 30.9 Å². The molecule has 0 heterocycles. The molecule has 0 amide bonds. The zero-order valence-electron chi connectivity index (χ0n) is 10.2. The average Bonchev–Trinajstić information content (AvgIpc) is 2.22. The van der Waals surface area contributed by atoms with E-state index in [1.165, 1.54) is 0 Å². The molecule has 0 spiro atoms. The Morgan fingerprint density at radius 2 is 2.18 bits per heavy atom. The van der Waals surface area contributed by atoms with E-state index in [0.717, 1.165) is 17.5 Å². The van der Waals surface area contributed by atoms with Crippen LogP contribution in [-0.2, 0) is 11.3 Å². The Hall–Kier alpha value is -1.06. The largest absolute Gasteiger partial charge is 0.480 e. The van der Waals surface area contributed by atoms with Gasteiger partial charge in [-0.1, -0.05) is 31.0 Å². The first-order valence-electron chi connectivity index (χ1n) is 5.75. The van der Waals surface area contributed by atoms with Crippen molar-refractivity contribution in [2.45, 2.75) is 39.3 Å². The third-order valence-corrected chi connectivity index (χ3v) is 2.75. The summed E-state index contributed by atoms with van der Waals surface area (Å²) in [6.45, 7) is 4.47. The molecule has 0 saturated heterocycles. The van der Waals surface area contributed by atoms with Gasteiger partial charge in [-0.15, -0.1) is 0 Å². The van der Waals surface area contributed by atoms with Crippen LogP contribution in [0.5, 0.6) is 0 Å². The van der Waals surface area contributed by atoms with Crippen LogP contribution in [0.25, 0.3) is 0 Å². The first-order chi connectivity index (χ1) is 8.02. The molecule has 0 fully saturated rings. The summed E-state index contributed by atoms with van der Waals surface area (Å²) in [5, 5.41) is 12.7. The van der Waals surface area contributed by atoms with Gasteiger partial charge in [-0.05, 0) is 36.6 Å². The Morgan fingerprint density at radius 3 is 2.71 bits per heavy atom. The van der Waals surface area contributed by atoms with Crippen molar-refractivity contribution in [1.82, 2.24) is 5.32 Å². The molecule has 17 heavy (non-hydrogen) atoms. The van der Waals surface area contributed by atoms with E-state index in [1.807, 2.05) is 32.0 Å². The van der Waals surface area contributed by atoms with E-state index in [9.17, 15) is 4.79 Å². The molecule has 0 aliphatic carbocycles. The highest BCUT2D eigenvalue weighted by Crippen LogP contribution is 2.14. The lowest BCUT2D eigenvalue weighted by Crippen LogP contribution is -2.36. The minimum Gasteiger partial charge on any atom is -0.480 e. The van der Waals surface area contributed by atoms with Gasteiger partial charge in [0, 0.05) is 11.6 Å². The average molecular weight is 256 g/mol. The molecular formula is C13H18ClNO2. The summed E-state index contributed by atoms with van der Waals surface area (Å²) in [5.74, 6) is -0.800. The summed E-state index contributed by atoms with van der Waals surface area (Å²) in [6.07, 6.45) is 1.48. The normalized spacial score (nSPS) is 12.4. The number of aryl methyl sites for hydroxylation is 1. The van der Waals surface area contributed by atoms with Gasteiger partial charge in [-0.3, -0.25) is 4.79 Å². The maximum Gasteiger partial charge on any atom is 0.320 e. The molecule has 3 nitrogen and oxygen atoms in total. The van der Waals surface area contributed by atoms with Crippen LogP contribution in [0.4, 0.5) is 0 Å². The van der Waals surface area contributed by atoms with Crippen molar-refractivity contribution >= 4 is 17.6 Å². The van der Waals surface area contributed by atoms with Gasteiger partial charge in [0.1, 0.15) is 6.04 Å². The van der Waals surface area contributed by atoms with Gasteiger partial charge in [0.15, 0.2) is 0 Å². The minimum atomic E-state index is -0.800. The highest BCUT2D eigenvalue weighted by molar-refractivity contribution is 6.30. The Balaban J connectivity index is 2.61. The van der Waals surface area contributed by atoms with Crippen molar-refractivity contribution < 1.29 is 9.90 Å². The van der Waals surface area contributed by atoms with Crippen LogP contribution in [-0.4, -0.2) is 17.1 Å². The van der Waals surface area contributed by atoms with Gasteiger partial charge >= 0.3 is 5.97 Å². The van der Waals surface area contributed by atoms with Crippen molar-refractivity contribution in [2.24, 2.45) is 0 Å².